The topological polar surface area (TPSA) is 49.6 Å². The molecule has 0 saturated carbocycles. The van der Waals surface area contributed by atoms with Gasteiger partial charge in [0.2, 0.25) is 0 Å². The number of nitro groups is 1. The van der Waals surface area contributed by atoms with Gasteiger partial charge in [-0.05, 0) is 69.8 Å². The summed E-state index contributed by atoms with van der Waals surface area (Å²) in [5.74, 6) is 0. The molecule has 5 nitrogen and oxygen atoms in total. The zero-order valence-corrected chi connectivity index (χ0v) is 14.6. The molecule has 0 atom stereocenters. The maximum Gasteiger partial charge on any atom is 0.288 e. The van der Waals surface area contributed by atoms with Gasteiger partial charge in [-0.1, -0.05) is 11.6 Å². The third kappa shape index (κ3) is 3.31. The molecule has 126 valence electrons. The van der Waals surface area contributed by atoms with Crippen LogP contribution in [0.4, 0.5) is 11.4 Å². The summed E-state index contributed by atoms with van der Waals surface area (Å²) in [6.45, 7) is 6.35. The molecule has 0 aliphatic carbocycles. The van der Waals surface area contributed by atoms with E-state index in [-0.39, 0.29) is 10.7 Å². The van der Waals surface area contributed by atoms with Crippen LogP contribution in [0.2, 0.25) is 5.02 Å². The molecule has 0 N–H and O–H groups in total. The first kappa shape index (κ1) is 16.5. The maximum atomic E-state index is 11.0. The predicted octanol–water partition coefficient (Wildman–Crippen LogP) is 3.87. The minimum atomic E-state index is -0.414. The number of rotatable bonds is 2. The third-order valence-electron chi connectivity index (χ3n) is 5.67. The molecule has 0 radical (unpaired) electrons. The highest BCUT2D eigenvalue weighted by Crippen LogP contribution is 2.43. The van der Waals surface area contributed by atoms with Gasteiger partial charge in [0.25, 0.3) is 5.69 Å². The van der Waals surface area contributed by atoms with Crippen molar-refractivity contribution in [2.75, 3.05) is 38.1 Å². The highest BCUT2D eigenvalue weighted by atomic mass is 35.5. The fraction of sp³-hybridized carbons (Fsp3) is 0.647. The maximum absolute atomic E-state index is 11.0. The van der Waals surface area contributed by atoms with E-state index in [1.165, 1.54) is 38.8 Å². The summed E-state index contributed by atoms with van der Waals surface area (Å²) in [6.07, 6.45) is 4.98. The summed E-state index contributed by atoms with van der Waals surface area (Å²) < 4.78 is 0. The molecule has 2 fully saturated rings. The lowest BCUT2D eigenvalue weighted by Gasteiger charge is -2.47. The van der Waals surface area contributed by atoms with E-state index >= 15 is 0 Å². The van der Waals surface area contributed by atoms with Crippen molar-refractivity contribution in [2.24, 2.45) is 5.41 Å². The van der Waals surface area contributed by atoms with Crippen LogP contribution in [-0.4, -0.2) is 43.0 Å². The number of halogens is 1. The molecule has 1 aromatic rings. The Morgan fingerprint density at radius 2 is 1.70 bits per heavy atom. The van der Waals surface area contributed by atoms with E-state index in [1.54, 1.807) is 12.1 Å². The Bertz CT molecular complexity index is 602. The Hall–Kier alpha value is -1.33. The van der Waals surface area contributed by atoms with Crippen molar-refractivity contribution < 1.29 is 4.92 Å². The van der Waals surface area contributed by atoms with Crippen LogP contribution in [0.5, 0.6) is 0 Å². The molecule has 0 aromatic heterocycles. The van der Waals surface area contributed by atoms with E-state index in [2.05, 4.69) is 16.8 Å². The van der Waals surface area contributed by atoms with Gasteiger partial charge >= 0.3 is 0 Å². The molecule has 6 heteroatoms. The molecule has 1 aromatic carbocycles. The molecule has 0 amide bonds. The van der Waals surface area contributed by atoms with Gasteiger partial charge in [0, 0.05) is 24.8 Å². The van der Waals surface area contributed by atoms with Crippen LogP contribution >= 0.6 is 11.6 Å². The summed E-state index contributed by atoms with van der Waals surface area (Å²) in [5, 5.41) is 11.2. The summed E-state index contributed by atoms with van der Waals surface area (Å²) in [5.41, 5.74) is 2.47. The molecule has 23 heavy (non-hydrogen) atoms. The molecule has 0 bridgehead atoms. The monoisotopic (exact) mass is 337 g/mol. The molecule has 3 rings (SSSR count). The second kappa shape index (κ2) is 6.29. The van der Waals surface area contributed by atoms with Crippen molar-refractivity contribution in [3.05, 3.63) is 32.8 Å². The average molecular weight is 338 g/mol. The minimum absolute atomic E-state index is 0.00304. The minimum Gasteiger partial charge on any atom is -0.371 e. The van der Waals surface area contributed by atoms with Crippen LogP contribution in [0.25, 0.3) is 0 Å². The van der Waals surface area contributed by atoms with Crippen LogP contribution in [-0.2, 0) is 0 Å². The van der Waals surface area contributed by atoms with Crippen molar-refractivity contribution in [1.82, 2.24) is 4.90 Å². The van der Waals surface area contributed by atoms with Gasteiger partial charge in [-0.2, -0.15) is 0 Å². The van der Waals surface area contributed by atoms with E-state index < -0.39 is 4.92 Å². The van der Waals surface area contributed by atoms with Crippen molar-refractivity contribution in [1.29, 1.82) is 0 Å². The molecule has 0 unspecified atom stereocenters. The van der Waals surface area contributed by atoms with Crippen LogP contribution in [0.15, 0.2) is 12.1 Å². The number of nitrogens with zero attached hydrogens (tertiary/aromatic N) is 3. The number of benzene rings is 1. The average Bonchev–Trinajstić information content (AvgIpc) is 2.53. The highest BCUT2D eigenvalue weighted by Gasteiger charge is 2.37. The number of nitro benzene ring substituents is 1. The van der Waals surface area contributed by atoms with E-state index in [4.69, 9.17) is 11.6 Å². The Labute approximate surface area is 142 Å². The van der Waals surface area contributed by atoms with E-state index in [0.29, 0.717) is 5.41 Å². The van der Waals surface area contributed by atoms with Gasteiger partial charge in [0.15, 0.2) is 0 Å². The first-order valence-electron chi connectivity index (χ1n) is 8.28. The summed E-state index contributed by atoms with van der Waals surface area (Å²) in [7, 11) is 2.20. The number of likely N-dealkylation sites (tertiary alicyclic amines) is 1. The molecule has 2 aliphatic rings. The van der Waals surface area contributed by atoms with Gasteiger partial charge < -0.3 is 9.80 Å². The quantitative estimate of drug-likeness (QED) is 0.607. The largest absolute Gasteiger partial charge is 0.371 e. The first-order chi connectivity index (χ1) is 10.9. The predicted molar refractivity (Wildman–Crippen MR) is 93.5 cm³/mol. The number of hydrogen-bond acceptors (Lipinski definition) is 4. The molecular weight excluding hydrogens is 314 g/mol. The SMILES string of the molecule is Cc1cc([N+](=O)[O-])c(Cl)cc1N1CCC2(CCN(C)CC2)CC1. The van der Waals surface area contributed by atoms with E-state index in [1.807, 2.05) is 6.92 Å². The first-order valence-corrected chi connectivity index (χ1v) is 8.66. The van der Waals surface area contributed by atoms with Crippen molar-refractivity contribution in [2.45, 2.75) is 32.6 Å². The van der Waals surface area contributed by atoms with Crippen LogP contribution in [0, 0.1) is 22.5 Å². The second-order valence-corrected chi connectivity index (χ2v) is 7.54. The molecule has 1 spiro atoms. The fourth-order valence-corrected chi connectivity index (χ4v) is 4.18. The normalized spacial score (nSPS) is 21.6. The number of piperidine rings is 2. The van der Waals surface area contributed by atoms with Crippen molar-refractivity contribution >= 4 is 23.0 Å². The Balaban J connectivity index is 1.73. The van der Waals surface area contributed by atoms with Crippen LogP contribution in [0.3, 0.4) is 0 Å². The number of aryl methyl sites for hydroxylation is 1. The lowest BCUT2D eigenvalue weighted by molar-refractivity contribution is -0.384. The van der Waals surface area contributed by atoms with Gasteiger partial charge in [0.05, 0.1) is 4.92 Å². The van der Waals surface area contributed by atoms with Crippen molar-refractivity contribution in [3.8, 4) is 0 Å². The molecule has 2 heterocycles. The second-order valence-electron chi connectivity index (χ2n) is 7.14. The number of hydrogen-bond donors (Lipinski definition) is 0. The standard InChI is InChI=1S/C17H24ClN3O2/c1-13-11-16(21(22)23)14(18)12-15(13)20-9-5-17(6-10-20)3-7-19(2)8-4-17/h11-12H,3-10H2,1-2H3. The zero-order chi connectivity index (χ0) is 16.6. The van der Waals surface area contributed by atoms with Gasteiger partial charge in [-0.25, -0.2) is 0 Å². The van der Waals surface area contributed by atoms with E-state index in [9.17, 15) is 10.1 Å². The highest BCUT2D eigenvalue weighted by molar-refractivity contribution is 6.33. The Kier molecular flexibility index (Phi) is 4.52. The smallest absolute Gasteiger partial charge is 0.288 e. The summed E-state index contributed by atoms with van der Waals surface area (Å²) in [6, 6.07) is 3.36. The molecule has 2 aliphatic heterocycles. The van der Waals surface area contributed by atoms with Crippen molar-refractivity contribution in [3.63, 3.8) is 0 Å². The lowest BCUT2D eigenvalue weighted by Crippen LogP contribution is -2.46. The Morgan fingerprint density at radius 1 is 1.13 bits per heavy atom. The number of anilines is 1. The third-order valence-corrected chi connectivity index (χ3v) is 5.98. The molecule has 2 saturated heterocycles. The van der Waals surface area contributed by atoms with Crippen LogP contribution in [0.1, 0.15) is 31.2 Å². The van der Waals surface area contributed by atoms with Gasteiger partial charge in [-0.3, -0.25) is 10.1 Å². The molecular formula is C17H24ClN3O2. The van der Waals surface area contributed by atoms with Gasteiger partial charge in [0.1, 0.15) is 5.02 Å². The fourth-order valence-electron chi connectivity index (χ4n) is 3.95. The van der Waals surface area contributed by atoms with Crippen LogP contribution < -0.4 is 4.90 Å². The van der Waals surface area contributed by atoms with E-state index in [0.717, 1.165) is 24.3 Å². The van der Waals surface area contributed by atoms with Gasteiger partial charge in [-0.15, -0.1) is 0 Å². The zero-order valence-electron chi connectivity index (χ0n) is 13.8. The lowest BCUT2D eigenvalue weighted by atomic mass is 9.71. The summed E-state index contributed by atoms with van der Waals surface area (Å²) >= 11 is 6.10. The summed E-state index contributed by atoms with van der Waals surface area (Å²) in [4.78, 5) is 15.3. The Morgan fingerprint density at radius 3 is 2.26 bits per heavy atom.